The van der Waals surface area contributed by atoms with Crippen LogP contribution < -0.4 is 10.1 Å². The lowest BCUT2D eigenvalue weighted by Gasteiger charge is -2.24. The van der Waals surface area contributed by atoms with E-state index in [2.05, 4.69) is 21.2 Å². The number of rotatable bonds is 6. The minimum Gasteiger partial charge on any atom is -0.496 e. The molecule has 0 aliphatic carbocycles. The van der Waals surface area contributed by atoms with Crippen LogP contribution in [0.3, 0.4) is 0 Å². The number of benzene rings is 1. The average molecular weight is 344 g/mol. The van der Waals surface area contributed by atoms with E-state index in [4.69, 9.17) is 9.47 Å². The lowest BCUT2D eigenvalue weighted by molar-refractivity contribution is -0.144. The minimum atomic E-state index is -0.323. The Morgan fingerprint density at radius 1 is 1.25 bits per heavy atom. The van der Waals surface area contributed by atoms with Gasteiger partial charge in [-0.15, -0.1) is 0 Å². The van der Waals surface area contributed by atoms with E-state index >= 15 is 0 Å². The van der Waals surface area contributed by atoms with Crippen molar-refractivity contribution in [3.05, 3.63) is 28.2 Å². The Kier molecular flexibility index (Phi) is 6.49. The summed E-state index contributed by atoms with van der Waals surface area (Å²) in [6, 6.07) is 5.58. The number of ether oxygens (including phenoxy) is 2. The number of hydrogen-bond acceptors (Lipinski definition) is 4. The maximum atomic E-state index is 11.8. The molecular formula is C15H22BrNO3. The third-order valence-corrected chi connectivity index (χ3v) is 3.85. The normalized spacial score (nSPS) is 13.9. The van der Waals surface area contributed by atoms with Crippen molar-refractivity contribution in [1.82, 2.24) is 5.32 Å². The fraction of sp³-hybridized carbons (Fsp3) is 0.533. The van der Waals surface area contributed by atoms with Crippen LogP contribution >= 0.6 is 15.9 Å². The molecule has 0 fully saturated rings. The van der Waals surface area contributed by atoms with Gasteiger partial charge in [-0.3, -0.25) is 10.1 Å². The van der Waals surface area contributed by atoms with E-state index in [0.29, 0.717) is 0 Å². The van der Waals surface area contributed by atoms with Crippen molar-refractivity contribution in [2.45, 2.75) is 32.9 Å². The quantitative estimate of drug-likeness (QED) is 0.805. The van der Waals surface area contributed by atoms with Gasteiger partial charge in [-0.05, 0) is 46.5 Å². The highest BCUT2D eigenvalue weighted by molar-refractivity contribution is 9.10. The average Bonchev–Trinajstić information content (AvgIpc) is 2.43. The summed E-state index contributed by atoms with van der Waals surface area (Å²) >= 11 is 3.47. The van der Waals surface area contributed by atoms with Gasteiger partial charge in [0.2, 0.25) is 0 Å². The summed E-state index contributed by atoms with van der Waals surface area (Å²) in [6.07, 6.45) is 0. The van der Waals surface area contributed by atoms with Gasteiger partial charge in [0.25, 0.3) is 0 Å². The number of carbonyl (C=O) groups excluding carboxylic acids is 1. The summed E-state index contributed by atoms with van der Waals surface area (Å²) in [5, 5.41) is 3.31. The molecule has 0 bridgehead atoms. The van der Waals surface area contributed by atoms with Gasteiger partial charge >= 0.3 is 5.97 Å². The summed E-state index contributed by atoms with van der Waals surface area (Å²) in [7, 11) is 3.04. The SMILES string of the molecule is COC(=O)C(NC(C)c1ccc(OC)c(Br)c1)C(C)C. The van der Waals surface area contributed by atoms with Crippen LogP contribution in [0.25, 0.3) is 0 Å². The number of carbonyl (C=O) groups is 1. The first-order valence-corrected chi connectivity index (χ1v) is 7.37. The van der Waals surface area contributed by atoms with E-state index in [1.807, 2.05) is 39.0 Å². The van der Waals surface area contributed by atoms with Crippen LogP contribution in [0, 0.1) is 5.92 Å². The Morgan fingerprint density at radius 2 is 1.90 bits per heavy atom. The number of methoxy groups -OCH3 is 2. The predicted molar refractivity (Wildman–Crippen MR) is 82.9 cm³/mol. The lowest BCUT2D eigenvalue weighted by atomic mass is 10.0. The standard InChI is InChI=1S/C15H22BrNO3/c1-9(2)14(15(18)20-5)17-10(3)11-6-7-13(19-4)12(16)8-11/h6-10,14,17H,1-5H3. The molecule has 2 unspecified atom stereocenters. The van der Waals surface area contributed by atoms with Crippen LogP contribution in [-0.2, 0) is 9.53 Å². The largest absolute Gasteiger partial charge is 0.496 e. The van der Waals surface area contributed by atoms with Crippen molar-refractivity contribution in [3.63, 3.8) is 0 Å². The minimum absolute atomic E-state index is 0.0312. The summed E-state index contributed by atoms with van der Waals surface area (Å²) in [5.74, 6) is 0.709. The molecular weight excluding hydrogens is 322 g/mol. The zero-order chi connectivity index (χ0) is 15.3. The van der Waals surface area contributed by atoms with E-state index in [0.717, 1.165) is 15.8 Å². The Bertz CT molecular complexity index is 462. The van der Waals surface area contributed by atoms with Crippen molar-refractivity contribution in [1.29, 1.82) is 0 Å². The summed E-state index contributed by atoms with van der Waals surface area (Å²) in [6.45, 7) is 6.00. The number of hydrogen-bond donors (Lipinski definition) is 1. The first kappa shape index (κ1) is 17.0. The van der Waals surface area contributed by atoms with Gasteiger partial charge in [-0.2, -0.15) is 0 Å². The fourth-order valence-electron chi connectivity index (χ4n) is 1.98. The maximum absolute atomic E-state index is 11.8. The second kappa shape index (κ2) is 7.64. The van der Waals surface area contributed by atoms with Gasteiger partial charge in [0.05, 0.1) is 18.7 Å². The highest BCUT2D eigenvalue weighted by Gasteiger charge is 2.25. The van der Waals surface area contributed by atoms with Crippen LogP contribution in [-0.4, -0.2) is 26.2 Å². The molecule has 0 spiro atoms. The number of halogens is 1. The molecule has 5 heteroatoms. The molecule has 0 radical (unpaired) electrons. The Morgan fingerprint density at radius 3 is 2.35 bits per heavy atom. The summed E-state index contributed by atoms with van der Waals surface area (Å²) in [4.78, 5) is 11.8. The van der Waals surface area contributed by atoms with E-state index in [-0.39, 0.29) is 24.0 Å². The van der Waals surface area contributed by atoms with E-state index in [1.54, 1.807) is 7.11 Å². The molecule has 112 valence electrons. The highest BCUT2D eigenvalue weighted by atomic mass is 79.9. The Hall–Kier alpha value is -1.07. The smallest absolute Gasteiger partial charge is 0.323 e. The van der Waals surface area contributed by atoms with Crippen LogP contribution in [0.4, 0.5) is 0 Å². The van der Waals surface area contributed by atoms with E-state index < -0.39 is 0 Å². The van der Waals surface area contributed by atoms with Crippen LogP contribution in [0.15, 0.2) is 22.7 Å². The molecule has 0 aliphatic heterocycles. The fourth-order valence-corrected chi connectivity index (χ4v) is 2.54. The zero-order valence-electron chi connectivity index (χ0n) is 12.6. The topological polar surface area (TPSA) is 47.6 Å². The van der Waals surface area contributed by atoms with Gasteiger partial charge in [-0.25, -0.2) is 0 Å². The molecule has 1 aromatic rings. The molecule has 2 atom stereocenters. The Labute approximate surface area is 129 Å². The van der Waals surface area contributed by atoms with Crippen molar-refractivity contribution in [2.75, 3.05) is 14.2 Å². The number of esters is 1. The number of nitrogens with one attached hydrogen (secondary N) is 1. The third-order valence-electron chi connectivity index (χ3n) is 3.23. The first-order valence-electron chi connectivity index (χ1n) is 6.58. The van der Waals surface area contributed by atoms with Crippen LogP contribution in [0.1, 0.15) is 32.4 Å². The molecule has 0 saturated carbocycles. The molecule has 0 heterocycles. The first-order chi connectivity index (χ1) is 9.40. The van der Waals surface area contributed by atoms with Crippen LogP contribution in [0.5, 0.6) is 5.75 Å². The zero-order valence-corrected chi connectivity index (χ0v) is 14.2. The Balaban J connectivity index is 2.86. The van der Waals surface area contributed by atoms with Crippen molar-refractivity contribution >= 4 is 21.9 Å². The van der Waals surface area contributed by atoms with Gasteiger partial charge < -0.3 is 9.47 Å². The molecule has 1 aromatic carbocycles. The summed E-state index contributed by atoms with van der Waals surface area (Å²) in [5.41, 5.74) is 1.08. The maximum Gasteiger partial charge on any atom is 0.323 e. The van der Waals surface area contributed by atoms with Crippen molar-refractivity contribution < 1.29 is 14.3 Å². The lowest BCUT2D eigenvalue weighted by Crippen LogP contribution is -2.42. The van der Waals surface area contributed by atoms with Gasteiger partial charge in [-0.1, -0.05) is 19.9 Å². The monoisotopic (exact) mass is 343 g/mol. The van der Waals surface area contributed by atoms with Crippen molar-refractivity contribution in [3.8, 4) is 5.75 Å². The molecule has 0 aromatic heterocycles. The van der Waals surface area contributed by atoms with E-state index in [9.17, 15) is 4.79 Å². The molecule has 1 N–H and O–H groups in total. The van der Waals surface area contributed by atoms with Crippen molar-refractivity contribution in [2.24, 2.45) is 5.92 Å². The van der Waals surface area contributed by atoms with Gasteiger partial charge in [0, 0.05) is 6.04 Å². The second-order valence-corrected chi connectivity index (χ2v) is 5.88. The highest BCUT2D eigenvalue weighted by Crippen LogP contribution is 2.28. The molecule has 0 amide bonds. The molecule has 4 nitrogen and oxygen atoms in total. The van der Waals surface area contributed by atoms with Gasteiger partial charge in [0.15, 0.2) is 0 Å². The van der Waals surface area contributed by atoms with Gasteiger partial charge in [0.1, 0.15) is 11.8 Å². The molecule has 1 rings (SSSR count). The third kappa shape index (κ3) is 4.21. The molecule has 20 heavy (non-hydrogen) atoms. The van der Waals surface area contributed by atoms with Crippen LogP contribution in [0.2, 0.25) is 0 Å². The molecule has 0 aliphatic rings. The predicted octanol–water partition coefficient (Wildman–Crippen LogP) is 3.31. The second-order valence-electron chi connectivity index (χ2n) is 5.03. The van der Waals surface area contributed by atoms with E-state index in [1.165, 1.54) is 7.11 Å². The molecule has 0 saturated heterocycles. The summed E-state index contributed by atoms with van der Waals surface area (Å²) < 4.78 is 10.9.